The van der Waals surface area contributed by atoms with Gasteiger partial charge in [-0.1, -0.05) is 30.3 Å². The third-order valence-corrected chi connectivity index (χ3v) is 2.77. The molecule has 0 aliphatic carbocycles. The Hall–Kier alpha value is -2.03. The van der Waals surface area contributed by atoms with Gasteiger partial charge in [-0.15, -0.1) is 0 Å². The maximum absolute atomic E-state index is 5.95. The van der Waals surface area contributed by atoms with Crippen LogP contribution >= 0.6 is 0 Å². The van der Waals surface area contributed by atoms with E-state index in [0.717, 1.165) is 24.5 Å². The van der Waals surface area contributed by atoms with Crippen molar-refractivity contribution in [3.05, 3.63) is 54.4 Å². The number of nitrogens with zero attached hydrogens (tertiary/aromatic N) is 2. The van der Waals surface area contributed by atoms with E-state index in [2.05, 4.69) is 41.1 Å². The Morgan fingerprint density at radius 2 is 1.94 bits per heavy atom. The minimum absolute atomic E-state index is 0.727. The van der Waals surface area contributed by atoms with Gasteiger partial charge < -0.3 is 10.6 Å². The lowest BCUT2D eigenvalue weighted by molar-refractivity contribution is 0.832. The van der Waals surface area contributed by atoms with Crippen molar-refractivity contribution in [2.75, 3.05) is 17.2 Å². The zero-order chi connectivity index (χ0) is 12.1. The fraction of sp³-hybridized carbons (Fsp3) is 0.214. The molecule has 17 heavy (non-hydrogen) atoms. The molecule has 2 aromatic rings. The fourth-order valence-corrected chi connectivity index (χ4v) is 1.86. The van der Waals surface area contributed by atoms with Crippen molar-refractivity contribution < 1.29 is 0 Å². The third kappa shape index (κ3) is 2.75. The molecule has 0 atom stereocenters. The van der Waals surface area contributed by atoms with Gasteiger partial charge >= 0.3 is 0 Å². The van der Waals surface area contributed by atoms with Gasteiger partial charge in [0.25, 0.3) is 0 Å². The Labute approximate surface area is 102 Å². The molecule has 0 aliphatic rings. The van der Waals surface area contributed by atoms with Gasteiger partial charge in [0.15, 0.2) is 0 Å². The van der Waals surface area contributed by atoms with Crippen LogP contribution in [0.5, 0.6) is 0 Å². The molecule has 1 heterocycles. The van der Waals surface area contributed by atoms with E-state index in [0.29, 0.717) is 0 Å². The Morgan fingerprint density at radius 3 is 2.59 bits per heavy atom. The highest BCUT2D eigenvalue weighted by Gasteiger charge is 2.07. The van der Waals surface area contributed by atoms with Crippen molar-refractivity contribution in [1.29, 1.82) is 0 Å². The highest BCUT2D eigenvalue weighted by atomic mass is 15.1. The van der Waals surface area contributed by atoms with Crippen LogP contribution in [-0.2, 0) is 6.54 Å². The highest BCUT2D eigenvalue weighted by molar-refractivity contribution is 5.65. The number of nitrogen functional groups attached to an aromatic ring is 1. The summed E-state index contributed by atoms with van der Waals surface area (Å²) in [4.78, 5) is 6.26. The van der Waals surface area contributed by atoms with Crippen molar-refractivity contribution in [1.82, 2.24) is 4.98 Å². The predicted molar refractivity (Wildman–Crippen MR) is 71.8 cm³/mol. The molecule has 0 spiro atoms. The number of rotatable bonds is 4. The van der Waals surface area contributed by atoms with Crippen LogP contribution in [0, 0.1) is 0 Å². The van der Waals surface area contributed by atoms with Crippen LogP contribution in [0.2, 0.25) is 0 Å². The maximum atomic E-state index is 5.95. The molecule has 3 nitrogen and oxygen atoms in total. The Morgan fingerprint density at radius 1 is 1.18 bits per heavy atom. The normalized spacial score (nSPS) is 10.2. The number of benzene rings is 1. The number of hydrogen-bond donors (Lipinski definition) is 1. The van der Waals surface area contributed by atoms with E-state index in [1.54, 1.807) is 12.4 Å². The zero-order valence-corrected chi connectivity index (χ0v) is 10.0. The maximum Gasteiger partial charge on any atom is 0.0738 e. The van der Waals surface area contributed by atoms with Crippen LogP contribution in [0.4, 0.5) is 11.4 Å². The van der Waals surface area contributed by atoms with Gasteiger partial charge in [-0.3, -0.25) is 4.98 Å². The molecule has 0 bridgehead atoms. The lowest BCUT2D eigenvalue weighted by Crippen LogP contribution is -2.23. The topological polar surface area (TPSA) is 42.2 Å². The van der Waals surface area contributed by atoms with Gasteiger partial charge in [-0.25, -0.2) is 0 Å². The first-order chi connectivity index (χ1) is 8.31. The molecule has 0 saturated heterocycles. The molecule has 2 rings (SSSR count). The standard InChI is InChI=1S/C14H17N3/c1-2-17(11-12-6-4-3-5-7-12)14-8-9-16-10-13(14)15/h3-10H,2,11,15H2,1H3. The summed E-state index contributed by atoms with van der Waals surface area (Å²) in [5.74, 6) is 0. The SMILES string of the molecule is CCN(Cc1ccccc1)c1ccncc1N. The molecule has 88 valence electrons. The summed E-state index contributed by atoms with van der Waals surface area (Å²) in [7, 11) is 0. The summed E-state index contributed by atoms with van der Waals surface area (Å²) < 4.78 is 0. The van der Waals surface area contributed by atoms with E-state index in [1.165, 1.54) is 5.56 Å². The van der Waals surface area contributed by atoms with Crippen LogP contribution in [0.25, 0.3) is 0 Å². The highest BCUT2D eigenvalue weighted by Crippen LogP contribution is 2.22. The second kappa shape index (κ2) is 5.34. The lowest BCUT2D eigenvalue weighted by Gasteiger charge is -2.24. The largest absolute Gasteiger partial charge is 0.396 e. The first-order valence-electron chi connectivity index (χ1n) is 5.79. The number of pyridine rings is 1. The second-order valence-corrected chi connectivity index (χ2v) is 3.93. The molecule has 1 aromatic heterocycles. The van der Waals surface area contributed by atoms with Crippen molar-refractivity contribution in [2.45, 2.75) is 13.5 Å². The van der Waals surface area contributed by atoms with Crippen molar-refractivity contribution in [3.63, 3.8) is 0 Å². The first kappa shape index (κ1) is 11.5. The van der Waals surface area contributed by atoms with E-state index in [1.807, 2.05) is 12.1 Å². The zero-order valence-electron chi connectivity index (χ0n) is 10.0. The van der Waals surface area contributed by atoms with Crippen LogP contribution in [-0.4, -0.2) is 11.5 Å². The molecular formula is C14H17N3. The van der Waals surface area contributed by atoms with E-state index in [9.17, 15) is 0 Å². The van der Waals surface area contributed by atoms with Crippen molar-refractivity contribution >= 4 is 11.4 Å². The summed E-state index contributed by atoms with van der Waals surface area (Å²) >= 11 is 0. The molecule has 0 amide bonds. The van der Waals surface area contributed by atoms with Gasteiger partial charge in [0, 0.05) is 19.3 Å². The minimum Gasteiger partial charge on any atom is -0.396 e. The van der Waals surface area contributed by atoms with E-state index in [4.69, 9.17) is 5.73 Å². The van der Waals surface area contributed by atoms with E-state index in [-0.39, 0.29) is 0 Å². The summed E-state index contributed by atoms with van der Waals surface area (Å²) in [6, 6.07) is 12.3. The fourth-order valence-electron chi connectivity index (χ4n) is 1.86. The quantitative estimate of drug-likeness (QED) is 0.873. The molecule has 0 radical (unpaired) electrons. The molecule has 1 aromatic carbocycles. The summed E-state index contributed by atoms with van der Waals surface area (Å²) in [6.07, 6.45) is 3.47. The Balaban J connectivity index is 2.21. The Kier molecular flexibility index (Phi) is 3.60. The number of hydrogen-bond acceptors (Lipinski definition) is 3. The van der Waals surface area contributed by atoms with E-state index < -0.39 is 0 Å². The molecular weight excluding hydrogens is 210 g/mol. The molecule has 0 aliphatic heterocycles. The predicted octanol–water partition coefficient (Wildman–Crippen LogP) is 2.69. The Bertz CT molecular complexity index is 468. The molecule has 0 saturated carbocycles. The average molecular weight is 227 g/mol. The van der Waals surface area contributed by atoms with Gasteiger partial charge in [0.1, 0.15) is 0 Å². The van der Waals surface area contributed by atoms with Crippen LogP contribution in [0.15, 0.2) is 48.8 Å². The van der Waals surface area contributed by atoms with Crippen LogP contribution < -0.4 is 10.6 Å². The number of anilines is 2. The van der Waals surface area contributed by atoms with Crippen molar-refractivity contribution in [3.8, 4) is 0 Å². The smallest absolute Gasteiger partial charge is 0.0738 e. The van der Waals surface area contributed by atoms with Crippen LogP contribution in [0.1, 0.15) is 12.5 Å². The molecule has 2 N–H and O–H groups in total. The monoisotopic (exact) mass is 227 g/mol. The first-order valence-corrected chi connectivity index (χ1v) is 5.79. The van der Waals surface area contributed by atoms with Gasteiger partial charge in [-0.2, -0.15) is 0 Å². The van der Waals surface area contributed by atoms with E-state index >= 15 is 0 Å². The van der Waals surface area contributed by atoms with Gasteiger partial charge in [0.05, 0.1) is 17.6 Å². The molecule has 3 heteroatoms. The number of aromatic nitrogens is 1. The summed E-state index contributed by atoms with van der Waals surface area (Å²) in [5.41, 5.74) is 9.00. The number of nitrogens with two attached hydrogens (primary N) is 1. The van der Waals surface area contributed by atoms with Gasteiger partial charge in [-0.05, 0) is 18.6 Å². The summed E-state index contributed by atoms with van der Waals surface area (Å²) in [5, 5.41) is 0. The van der Waals surface area contributed by atoms with Crippen LogP contribution in [0.3, 0.4) is 0 Å². The molecule has 0 fully saturated rings. The minimum atomic E-state index is 0.727. The third-order valence-electron chi connectivity index (χ3n) is 2.77. The molecule has 0 unspecified atom stereocenters. The average Bonchev–Trinajstić information content (AvgIpc) is 2.38. The van der Waals surface area contributed by atoms with Gasteiger partial charge in [0.2, 0.25) is 0 Å². The lowest BCUT2D eigenvalue weighted by atomic mass is 10.2. The summed E-state index contributed by atoms with van der Waals surface area (Å²) in [6.45, 7) is 3.91. The van der Waals surface area contributed by atoms with Crippen molar-refractivity contribution in [2.24, 2.45) is 0 Å². The second-order valence-electron chi connectivity index (χ2n) is 3.93.